The Hall–Kier alpha value is 0.499. The molecule has 0 aromatic carbocycles. The van der Waals surface area contributed by atoms with Crippen LogP contribution in [0.1, 0.15) is 96.8 Å². The first-order valence-electron chi connectivity index (χ1n) is 8.85. The first-order chi connectivity index (χ1) is 9.91. The van der Waals surface area contributed by atoms with Crippen LogP contribution < -0.4 is 0 Å². The van der Waals surface area contributed by atoms with Gasteiger partial charge in [-0.15, -0.1) is 0 Å². The van der Waals surface area contributed by atoms with Crippen molar-refractivity contribution in [3.05, 3.63) is 12.2 Å². The van der Waals surface area contributed by atoms with E-state index in [9.17, 15) is 0 Å². The molecule has 0 aromatic heterocycles. The topological polar surface area (TPSA) is 9.23 Å². The Morgan fingerprint density at radius 1 is 0.650 bits per heavy atom. The van der Waals surface area contributed by atoms with Gasteiger partial charge in [0.15, 0.2) is 0 Å². The van der Waals surface area contributed by atoms with E-state index in [-0.39, 0.29) is 0 Å². The number of hydrogen-bond donors (Lipinski definition) is 0. The molecule has 1 nitrogen and oxygen atoms in total. The zero-order valence-corrected chi connectivity index (χ0v) is 16.5. The van der Waals surface area contributed by atoms with Crippen LogP contribution in [-0.4, -0.2) is 29.5 Å². The molecule has 0 aliphatic heterocycles. The molecule has 0 atom stereocenters. The van der Waals surface area contributed by atoms with Gasteiger partial charge in [-0.2, -0.15) is 0 Å². The fourth-order valence-electron chi connectivity index (χ4n) is 2.42. The fourth-order valence-corrected chi connectivity index (χ4v) is 2.83. The van der Waals surface area contributed by atoms with E-state index in [1.54, 1.807) is 0 Å². The van der Waals surface area contributed by atoms with Crippen molar-refractivity contribution in [3.63, 3.8) is 0 Å². The minimum atomic E-state index is 0.972. The molecule has 0 heterocycles. The quantitative estimate of drug-likeness (QED) is 0.176. The molecule has 0 spiro atoms. The van der Waals surface area contributed by atoms with Crippen molar-refractivity contribution in [1.29, 1.82) is 0 Å². The second kappa shape index (κ2) is 19.5. The van der Waals surface area contributed by atoms with Crippen LogP contribution >= 0.6 is 0 Å². The van der Waals surface area contributed by atoms with Gasteiger partial charge >= 0.3 is 96.1 Å². The van der Waals surface area contributed by atoms with Gasteiger partial charge < -0.3 is 0 Å². The average Bonchev–Trinajstić information content (AvgIpc) is 2.47. The SMILES string of the molecule is CCCCCCCCC=CCCCCCCCC[O][Sn]. The van der Waals surface area contributed by atoms with Crippen LogP contribution in [0.2, 0.25) is 0 Å². The summed E-state index contributed by atoms with van der Waals surface area (Å²) in [4.78, 5) is 0. The molecular weight excluding hydrogens is 351 g/mol. The molecule has 0 fully saturated rings. The molecule has 0 aliphatic carbocycles. The Balaban J connectivity index is 3.01. The predicted octanol–water partition coefficient (Wildman–Crippen LogP) is 6.12. The summed E-state index contributed by atoms with van der Waals surface area (Å²) >= 11 is 1.21. The Kier molecular flexibility index (Phi) is 20.0. The summed E-state index contributed by atoms with van der Waals surface area (Å²) in [5, 5.41) is 0. The van der Waals surface area contributed by atoms with Crippen LogP contribution in [0.4, 0.5) is 0 Å². The van der Waals surface area contributed by atoms with Crippen molar-refractivity contribution in [3.8, 4) is 0 Å². The van der Waals surface area contributed by atoms with Gasteiger partial charge in [-0.3, -0.25) is 0 Å². The molecule has 0 aromatic rings. The molecule has 0 aliphatic rings. The van der Waals surface area contributed by atoms with Crippen molar-refractivity contribution in [2.45, 2.75) is 96.8 Å². The summed E-state index contributed by atoms with van der Waals surface area (Å²) in [6, 6.07) is 0. The van der Waals surface area contributed by atoms with E-state index in [1.165, 1.54) is 113 Å². The van der Waals surface area contributed by atoms with Gasteiger partial charge in [0.25, 0.3) is 0 Å². The minimum absolute atomic E-state index is 0.972. The number of rotatable bonds is 16. The van der Waals surface area contributed by atoms with Crippen LogP contribution in [0.25, 0.3) is 0 Å². The van der Waals surface area contributed by atoms with Gasteiger partial charge in [0.1, 0.15) is 0 Å². The van der Waals surface area contributed by atoms with E-state index >= 15 is 0 Å². The zero-order chi connectivity index (χ0) is 14.7. The van der Waals surface area contributed by atoms with Gasteiger partial charge in [-0.25, -0.2) is 0 Å². The summed E-state index contributed by atoms with van der Waals surface area (Å²) < 4.78 is 5.14. The van der Waals surface area contributed by atoms with Crippen LogP contribution in [0.15, 0.2) is 12.2 Å². The zero-order valence-electron chi connectivity index (χ0n) is 13.7. The maximum absolute atomic E-state index is 5.14. The van der Waals surface area contributed by atoms with Gasteiger partial charge in [0.05, 0.1) is 0 Å². The summed E-state index contributed by atoms with van der Waals surface area (Å²) in [6.07, 6.45) is 24.0. The van der Waals surface area contributed by atoms with Crippen LogP contribution in [0.3, 0.4) is 0 Å². The Morgan fingerprint density at radius 3 is 1.60 bits per heavy atom. The van der Waals surface area contributed by atoms with E-state index in [0.29, 0.717) is 0 Å². The molecule has 0 saturated carbocycles. The van der Waals surface area contributed by atoms with E-state index in [4.69, 9.17) is 3.07 Å². The molecular formula is C18H35OSn. The van der Waals surface area contributed by atoms with E-state index in [0.717, 1.165) is 6.61 Å². The van der Waals surface area contributed by atoms with Gasteiger partial charge in [-0.1, -0.05) is 39.0 Å². The molecule has 0 saturated heterocycles. The molecule has 0 unspecified atom stereocenters. The second-order valence-corrected chi connectivity index (χ2v) is 6.61. The molecule has 0 amide bonds. The van der Waals surface area contributed by atoms with Gasteiger partial charge in [-0.05, 0) is 6.42 Å². The summed E-state index contributed by atoms with van der Waals surface area (Å²) in [5.41, 5.74) is 0. The number of hydrogen-bond acceptors (Lipinski definition) is 1. The third-order valence-corrected chi connectivity index (χ3v) is 4.34. The molecule has 117 valence electrons. The number of unbranched alkanes of at least 4 members (excludes halogenated alkanes) is 12. The molecule has 20 heavy (non-hydrogen) atoms. The van der Waals surface area contributed by atoms with Crippen molar-refractivity contribution >= 4 is 22.9 Å². The third-order valence-electron chi connectivity index (χ3n) is 3.76. The Morgan fingerprint density at radius 2 is 1.10 bits per heavy atom. The fraction of sp³-hybridized carbons (Fsp3) is 0.889. The van der Waals surface area contributed by atoms with Gasteiger partial charge in [0, 0.05) is 0 Å². The van der Waals surface area contributed by atoms with Crippen LogP contribution in [0, 0.1) is 0 Å². The van der Waals surface area contributed by atoms with Crippen LogP contribution in [-0.2, 0) is 3.07 Å². The molecule has 2 heteroatoms. The standard InChI is InChI=1S/C18H35O.Sn/c1-2-3-4-5-6-7-8-9-10-11-12-13-14-15-16-17-18-19;/h9-10H,2-8,11-18H2,1H3;/q-1;+1. The Labute approximate surface area is 141 Å². The maximum atomic E-state index is 5.14. The van der Waals surface area contributed by atoms with Crippen molar-refractivity contribution < 1.29 is 3.07 Å². The van der Waals surface area contributed by atoms with E-state index in [1.807, 2.05) is 0 Å². The van der Waals surface area contributed by atoms with Crippen molar-refractivity contribution in [2.24, 2.45) is 0 Å². The average molecular weight is 386 g/mol. The third kappa shape index (κ3) is 18.5. The Bertz CT molecular complexity index is 192. The summed E-state index contributed by atoms with van der Waals surface area (Å²) in [7, 11) is 0. The van der Waals surface area contributed by atoms with E-state index in [2.05, 4.69) is 19.1 Å². The molecule has 3 radical (unpaired) electrons. The van der Waals surface area contributed by atoms with Gasteiger partial charge in [0.2, 0.25) is 0 Å². The molecule has 0 bridgehead atoms. The normalized spacial score (nSPS) is 11.5. The first kappa shape index (κ1) is 20.5. The van der Waals surface area contributed by atoms with Crippen molar-refractivity contribution in [2.75, 3.05) is 6.61 Å². The monoisotopic (exact) mass is 387 g/mol. The molecule has 0 N–H and O–H groups in total. The predicted molar refractivity (Wildman–Crippen MR) is 91.2 cm³/mol. The number of allylic oxidation sites excluding steroid dienone is 2. The second-order valence-electron chi connectivity index (χ2n) is 5.79. The van der Waals surface area contributed by atoms with Crippen molar-refractivity contribution in [1.82, 2.24) is 0 Å². The summed E-state index contributed by atoms with van der Waals surface area (Å²) in [5.74, 6) is 0. The van der Waals surface area contributed by atoms with Crippen LogP contribution in [0.5, 0.6) is 0 Å². The summed E-state index contributed by atoms with van der Waals surface area (Å²) in [6.45, 7) is 3.25. The van der Waals surface area contributed by atoms with E-state index < -0.39 is 0 Å². The first-order valence-corrected chi connectivity index (χ1v) is 10.0. The molecule has 0 rings (SSSR count).